The van der Waals surface area contributed by atoms with Gasteiger partial charge in [0.2, 0.25) is 0 Å². The Balaban J connectivity index is 2.15. The summed E-state index contributed by atoms with van der Waals surface area (Å²) < 4.78 is 0. The number of rotatable bonds is 2. The predicted molar refractivity (Wildman–Crippen MR) is 67.1 cm³/mol. The Hall–Kier alpha value is -1.51. The molecule has 0 aromatic heterocycles. The van der Waals surface area contributed by atoms with E-state index in [1.54, 1.807) is 12.1 Å². The predicted octanol–water partition coefficient (Wildman–Crippen LogP) is 2.57. The summed E-state index contributed by atoms with van der Waals surface area (Å²) >= 11 is 0. The van der Waals surface area contributed by atoms with Gasteiger partial charge in [-0.05, 0) is 37.0 Å². The van der Waals surface area contributed by atoms with Gasteiger partial charge in [-0.15, -0.1) is 0 Å². The van der Waals surface area contributed by atoms with Crippen molar-refractivity contribution in [3.05, 3.63) is 29.3 Å². The van der Waals surface area contributed by atoms with Crippen LogP contribution in [-0.2, 0) is 0 Å². The molecule has 0 saturated carbocycles. The average molecular weight is 233 g/mol. The molecule has 1 aromatic rings. The molecule has 1 fully saturated rings. The van der Waals surface area contributed by atoms with E-state index in [0.29, 0.717) is 11.5 Å². The van der Waals surface area contributed by atoms with E-state index in [9.17, 15) is 9.90 Å². The van der Waals surface area contributed by atoms with Gasteiger partial charge in [0, 0.05) is 13.1 Å². The molecule has 1 aliphatic rings. The monoisotopic (exact) mass is 233 g/mol. The maximum absolute atomic E-state index is 12.2. The first-order valence-corrected chi connectivity index (χ1v) is 6.20. The average Bonchev–Trinajstić information content (AvgIpc) is 2.76. The van der Waals surface area contributed by atoms with Crippen molar-refractivity contribution < 1.29 is 9.90 Å². The van der Waals surface area contributed by atoms with Crippen LogP contribution in [0.25, 0.3) is 0 Å². The quantitative estimate of drug-likeness (QED) is 0.853. The minimum absolute atomic E-state index is 0.0431. The zero-order valence-corrected chi connectivity index (χ0v) is 10.4. The first-order chi connectivity index (χ1) is 8.11. The molecule has 1 amide bonds. The van der Waals surface area contributed by atoms with Crippen LogP contribution < -0.4 is 0 Å². The van der Waals surface area contributed by atoms with Crippen molar-refractivity contribution in [2.24, 2.45) is 5.92 Å². The number of hydrogen-bond acceptors (Lipinski definition) is 2. The molecule has 0 bridgehead atoms. The standard InChI is InChI=1S/C14H19NO2/c1-3-11-6-7-15(9-11)14(17)12-5-4-10(2)8-13(12)16/h4-5,8,11,16H,3,6-7,9H2,1-2H3. The van der Waals surface area contributed by atoms with E-state index in [1.807, 2.05) is 17.9 Å². The van der Waals surface area contributed by atoms with Crippen molar-refractivity contribution in [1.29, 1.82) is 0 Å². The molecule has 1 aliphatic heterocycles. The Labute approximate surface area is 102 Å². The fourth-order valence-electron chi connectivity index (χ4n) is 2.34. The molecule has 1 aromatic carbocycles. The van der Waals surface area contributed by atoms with Gasteiger partial charge in [-0.1, -0.05) is 19.4 Å². The normalized spacial score (nSPS) is 19.6. The van der Waals surface area contributed by atoms with E-state index in [4.69, 9.17) is 0 Å². The van der Waals surface area contributed by atoms with Crippen LogP contribution in [-0.4, -0.2) is 29.0 Å². The molecular formula is C14H19NO2. The molecule has 0 radical (unpaired) electrons. The topological polar surface area (TPSA) is 40.5 Å². The van der Waals surface area contributed by atoms with Crippen LogP contribution in [0.2, 0.25) is 0 Å². The molecule has 1 atom stereocenters. The minimum atomic E-state index is -0.0431. The molecule has 0 spiro atoms. The van der Waals surface area contributed by atoms with Crippen molar-refractivity contribution in [2.45, 2.75) is 26.7 Å². The number of aryl methyl sites for hydroxylation is 1. The molecule has 3 nitrogen and oxygen atoms in total. The third kappa shape index (κ3) is 2.43. The largest absolute Gasteiger partial charge is 0.507 e. The van der Waals surface area contributed by atoms with Crippen LogP contribution in [0.1, 0.15) is 35.7 Å². The van der Waals surface area contributed by atoms with Crippen molar-refractivity contribution in [2.75, 3.05) is 13.1 Å². The highest BCUT2D eigenvalue weighted by Gasteiger charge is 2.26. The number of aromatic hydroxyl groups is 1. The zero-order valence-electron chi connectivity index (χ0n) is 10.4. The summed E-state index contributed by atoms with van der Waals surface area (Å²) in [5.74, 6) is 0.667. The molecule has 17 heavy (non-hydrogen) atoms. The molecule has 1 N–H and O–H groups in total. The number of phenols is 1. The fourth-order valence-corrected chi connectivity index (χ4v) is 2.34. The molecule has 2 rings (SSSR count). The highest BCUT2D eigenvalue weighted by molar-refractivity contribution is 5.97. The van der Waals surface area contributed by atoms with Crippen LogP contribution in [0.3, 0.4) is 0 Å². The second-order valence-electron chi connectivity index (χ2n) is 4.83. The van der Waals surface area contributed by atoms with Crippen LogP contribution in [0.4, 0.5) is 0 Å². The van der Waals surface area contributed by atoms with Gasteiger partial charge in [-0.3, -0.25) is 4.79 Å². The van der Waals surface area contributed by atoms with Gasteiger partial charge in [-0.25, -0.2) is 0 Å². The molecule has 1 heterocycles. The van der Waals surface area contributed by atoms with Crippen LogP contribution in [0.5, 0.6) is 5.75 Å². The third-order valence-corrected chi connectivity index (χ3v) is 3.53. The Morgan fingerprint density at radius 1 is 1.53 bits per heavy atom. The number of nitrogens with zero attached hydrogens (tertiary/aromatic N) is 1. The zero-order chi connectivity index (χ0) is 12.4. The Bertz CT molecular complexity index is 428. The highest BCUT2D eigenvalue weighted by Crippen LogP contribution is 2.25. The fraction of sp³-hybridized carbons (Fsp3) is 0.500. The summed E-state index contributed by atoms with van der Waals surface area (Å²) in [6.07, 6.45) is 2.19. The van der Waals surface area contributed by atoms with Gasteiger partial charge in [0.25, 0.3) is 5.91 Å². The first kappa shape index (κ1) is 12.0. The van der Waals surface area contributed by atoms with Crippen molar-refractivity contribution in [1.82, 2.24) is 4.90 Å². The van der Waals surface area contributed by atoms with Gasteiger partial charge in [0.15, 0.2) is 0 Å². The van der Waals surface area contributed by atoms with Gasteiger partial charge in [-0.2, -0.15) is 0 Å². The Kier molecular flexibility index (Phi) is 3.36. The molecule has 0 aliphatic carbocycles. The lowest BCUT2D eigenvalue weighted by Crippen LogP contribution is -2.28. The SMILES string of the molecule is CCC1CCN(C(=O)c2ccc(C)cc2O)C1. The number of carbonyl (C=O) groups excluding carboxylic acids is 1. The molecule has 3 heteroatoms. The highest BCUT2D eigenvalue weighted by atomic mass is 16.3. The lowest BCUT2D eigenvalue weighted by atomic mass is 10.1. The van der Waals surface area contributed by atoms with Gasteiger partial charge in [0.05, 0.1) is 5.56 Å². The summed E-state index contributed by atoms with van der Waals surface area (Å²) in [5, 5.41) is 9.80. The Morgan fingerprint density at radius 3 is 2.88 bits per heavy atom. The number of amides is 1. The summed E-state index contributed by atoms with van der Waals surface area (Å²) in [7, 11) is 0. The number of benzene rings is 1. The lowest BCUT2D eigenvalue weighted by molar-refractivity contribution is 0.0784. The summed E-state index contributed by atoms with van der Waals surface area (Å²) in [4.78, 5) is 14.1. The second kappa shape index (κ2) is 4.78. The van der Waals surface area contributed by atoms with Crippen LogP contribution in [0, 0.1) is 12.8 Å². The maximum atomic E-state index is 12.2. The van der Waals surface area contributed by atoms with Crippen molar-refractivity contribution >= 4 is 5.91 Å². The summed E-state index contributed by atoms with van der Waals surface area (Å²) in [5.41, 5.74) is 1.39. The third-order valence-electron chi connectivity index (χ3n) is 3.53. The van der Waals surface area contributed by atoms with Gasteiger partial charge in [0.1, 0.15) is 5.75 Å². The van der Waals surface area contributed by atoms with Gasteiger partial charge >= 0.3 is 0 Å². The minimum Gasteiger partial charge on any atom is -0.507 e. The van der Waals surface area contributed by atoms with E-state index in [0.717, 1.165) is 31.5 Å². The van der Waals surface area contributed by atoms with E-state index < -0.39 is 0 Å². The number of carbonyl (C=O) groups is 1. The Morgan fingerprint density at radius 2 is 2.29 bits per heavy atom. The second-order valence-corrected chi connectivity index (χ2v) is 4.83. The molecule has 1 saturated heterocycles. The molecule has 92 valence electrons. The van der Waals surface area contributed by atoms with Crippen molar-refractivity contribution in [3.63, 3.8) is 0 Å². The first-order valence-electron chi connectivity index (χ1n) is 6.20. The van der Waals surface area contributed by atoms with Gasteiger partial charge < -0.3 is 10.0 Å². The molecular weight excluding hydrogens is 214 g/mol. The lowest BCUT2D eigenvalue weighted by Gasteiger charge is -2.17. The summed E-state index contributed by atoms with van der Waals surface area (Å²) in [6, 6.07) is 5.22. The van der Waals surface area contributed by atoms with Crippen molar-refractivity contribution in [3.8, 4) is 5.75 Å². The van der Waals surface area contributed by atoms with E-state index in [1.165, 1.54) is 0 Å². The van der Waals surface area contributed by atoms with E-state index in [-0.39, 0.29) is 11.7 Å². The molecule has 1 unspecified atom stereocenters. The number of likely N-dealkylation sites (tertiary alicyclic amines) is 1. The van der Waals surface area contributed by atoms with Crippen LogP contribution in [0.15, 0.2) is 18.2 Å². The maximum Gasteiger partial charge on any atom is 0.257 e. The number of phenolic OH excluding ortho intramolecular Hbond substituents is 1. The van der Waals surface area contributed by atoms with Crippen LogP contribution >= 0.6 is 0 Å². The smallest absolute Gasteiger partial charge is 0.257 e. The van der Waals surface area contributed by atoms with E-state index >= 15 is 0 Å². The van der Waals surface area contributed by atoms with E-state index in [2.05, 4.69) is 6.92 Å². The number of hydrogen-bond donors (Lipinski definition) is 1. The summed E-state index contributed by atoms with van der Waals surface area (Å²) in [6.45, 7) is 5.69.